The number of unbranched alkanes of at least 4 members (excludes halogenated alkanes) is 1. The zero-order valence-electron chi connectivity index (χ0n) is 47.1. The third kappa shape index (κ3) is 16.6. The van der Waals surface area contributed by atoms with Crippen LogP contribution in [0.2, 0.25) is 0 Å². The zero-order valence-corrected chi connectivity index (χ0v) is 48.7. The first-order valence-electron chi connectivity index (χ1n) is 28.8. The average molecular weight is 1230 g/mol. The number of benzene rings is 3. The Morgan fingerprint density at radius 3 is 2.22 bits per heavy atom. The number of aryl methyl sites for hydroxylation is 2. The van der Waals surface area contributed by atoms with Crippen molar-refractivity contribution in [2.24, 2.45) is 17.8 Å². The van der Waals surface area contributed by atoms with Gasteiger partial charge in [0.25, 0.3) is 20.2 Å². The number of fused-ring (bicyclic) bond motifs is 1. The third-order valence-corrected chi connectivity index (χ3v) is 18.2. The maximum Gasteiger partial charge on any atom is 0.338 e. The highest BCUT2D eigenvalue weighted by molar-refractivity contribution is 7.86. The Morgan fingerprint density at radius 1 is 0.800 bits per heavy atom. The summed E-state index contributed by atoms with van der Waals surface area (Å²) < 4.78 is 107. The second kappa shape index (κ2) is 29.0. The largest absolute Gasteiger partial charge is 0.479 e. The minimum atomic E-state index is -5.02. The number of carboxylic acid groups (broad SMARTS) is 1. The number of aromatic nitrogens is 3. The number of aliphatic carboxylic acids is 1. The molecule has 2 saturated carbocycles. The van der Waals surface area contributed by atoms with Crippen LogP contribution in [0.1, 0.15) is 120 Å². The van der Waals surface area contributed by atoms with Crippen molar-refractivity contribution < 1.29 is 104 Å². The fourth-order valence-electron chi connectivity index (χ4n) is 11.9. The van der Waals surface area contributed by atoms with E-state index < -0.39 is 146 Å². The van der Waals surface area contributed by atoms with Gasteiger partial charge in [0.15, 0.2) is 24.8 Å². The molecule has 0 spiro atoms. The van der Waals surface area contributed by atoms with Crippen LogP contribution in [0.15, 0.2) is 76.7 Å². The number of aliphatic hydroxyl groups is 5. The van der Waals surface area contributed by atoms with E-state index in [0.29, 0.717) is 37.4 Å². The quantitative estimate of drug-likeness (QED) is 0.0245. The number of anilines is 1. The highest BCUT2D eigenvalue weighted by Gasteiger charge is 2.54. The molecule has 1 aromatic heterocycles. The molecule has 0 bridgehead atoms. The van der Waals surface area contributed by atoms with Crippen molar-refractivity contribution in [2.45, 2.75) is 206 Å². The Labute approximate surface area is 491 Å². The number of hydrogen-bond acceptors (Lipinski definition) is 21. The monoisotopic (exact) mass is 1230 g/mol. The SMILES string of the molecule is CCC1CC(C(=O)CCCCc2cn(CCCC(=O)Nc3cccc4cc(S(=O)(=O)O)cc(S(=O)(=O)O)c34)nn2)CC(OC2OC(CO)C(O)C(O[C@@H](CC3CCCCC3)C(=O)O)C2OC(=O)c2ccccc2)C1OC1OC(C)C(O)C(O)C1O. The molecule has 85 heavy (non-hydrogen) atoms. The molecule has 8 rings (SSSR count). The van der Waals surface area contributed by atoms with Crippen molar-refractivity contribution in [3.8, 4) is 0 Å². The smallest absolute Gasteiger partial charge is 0.338 e. The van der Waals surface area contributed by atoms with Gasteiger partial charge in [-0.3, -0.25) is 23.4 Å². The maximum absolute atomic E-state index is 14.4. The molecule has 4 aliphatic rings. The molecule has 9 N–H and O–H groups in total. The molecule has 2 aliphatic heterocycles. The van der Waals surface area contributed by atoms with E-state index in [9.17, 15) is 75.8 Å². The number of nitrogens with zero attached hydrogens (tertiary/aromatic N) is 3. The summed E-state index contributed by atoms with van der Waals surface area (Å²) >= 11 is 0. The van der Waals surface area contributed by atoms with Crippen LogP contribution in [-0.4, -0.2) is 182 Å². The van der Waals surface area contributed by atoms with E-state index in [4.69, 9.17) is 28.4 Å². The lowest BCUT2D eigenvalue weighted by Gasteiger charge is -2.49. The summed E-state index contributed by atoms with van der Waals surface area (Å²) in [7, 11) is -9.87. The van der Waals surface area contributed by atoms with Gasteiger partial charge in [0.05, 0.1) is 41.1 Å². The van der Waals surface area contributed by atoms with Gasteiger partial charge in [-0.25, -0.2) is 9.59 Å². The molecule has 468 valence electrons. The number of Topliss-reactive ketones (excluding diaryl/α,β-unsaturated/α-hetero) is 1. The number of hydrogen-bond donors (Lipinski definition) is 9. The number of nitrogens with one attached hydrogen (secondary N) is 1. The predicted molar refractivity (Wildman–Crippen MR) is 298 cm³/mol. The lowest BCUT2D eigenvalue weighted by molar-refractivity contribution is -0.349. The van der Waals surface area contributed by atoms with Gasteiger partial charge in [0, 0.05) is 42.6 Å². The first-order chi connectivity index (χ1) is 40.4. The number of carbonyl (C=O) groups is 4. The van der Waals surface area contributed by atoms with Gasteiger partial charge in [-0.15, -0.1) is 5.10 Å². The van der Waals surface area contributed by atoms with Crippen LogP contribution >= 0.6 is 0 Å². The standard InChI is InChI=1S/C57H76N4O22S2/c1-3-33-25-36(40(63)21-11-10-19-37-29-61(60-59-37)23-13-22-45(64)58-39-20-12-18-35-26-38(84(72,73)74)28-44(46(35)39)85(75,76)77)27-41(51(33)83-56-50(68)49(67)47(65)31(2)78-56)80-57-53(82-55(71)34-16-8-5-9-17-34)52(48(66)43(30-62)81-57)79-42(54(69)70)24-32-14-6-4-7-15-32/h5,8-9,12,16-18,20,26,28-29,31-33,36,41-43,47-53,56-57,62,65-68H,3-4,6-7,10-11,13-15,19,21-25,27,30H2,1-2H3,(H,58,64)(H,69,70)(H,72,73,74)(H,75,76,77)/t31?,33?,36?,41?,42-,43?,47?,48?,49?,50?,51?,52?,53?,56?,57?/m0/s1. The molecule has 28 heteroatoms. The van der Waals surface area contributed by atoms with E-state index in [2.05, 4.69) is 15.6 Å². The van der Waals surface area contributed by atoms with Crippen molar-refractivity contribution in [3.63, 3.8) is 0 Å². The Bertz CT molecular complexity index is 3160. The summed E-state index contributed by atoms with van der Waals surface area (Å²) in [6, 6.07) is 13.6. The van der Waals surface area contributed by atoms with Gasteiger partial charge >= 0.3 is 11.9 Å². The number of ether oxygens (including phenoxy) is 6. The van der Waals surface area contributed by atoms with E-state index in [1.165, 1.54) is 41.9 Å². The van der Waals surface area contributed by atoms with Crippen LogP contribution in [-0.2, 0) is 76.0 Å². The fraction of sp³-hybridized carbons (Fsp3) is 0.614. The summed E-state index contributed by atoms with van der Waals surface area (Å²) in [6.45, 7) is 2.81. The van der Waals surface area contributed by atoms with Gasteiger partial charge in [-0.1, -0.05) is 81.0 Å². The molecule has 2 saturated heterocycles. The number of esters is 1. The lowest BCUT2D eigenvalue weighted by atomic mass is 9.74. The second-order valence-corrected chi connectivity index (χ2v) is 25.3. The van der Waals surface area contributed by atoms with Crippen molar-refractivity contribution in [3.05, 3.63) is 78.1 Å². The van der Waals surface area contributed by atoms with Crippen molar-refractivity contribution in [2.75, 3.05) is 11.9 Å². The molecule has 2 aliphatic carbocycles. The van der Waals surface area contributed by atoms with Gasteiger partial charge in [-0.2, -0.15) is 16.8 Å². The molecule has 0 radical (unpaired) electrons. The summed E-state index contributed by atoms with van der Waals surface area (Å²) in [5.41, 5.74) is 0.684. The van der Waals surface area contributed by atoms with Crippen LogP contribution in [0, 0.1) is 17.8 Å². The van der Waals surface area contributed by atoms with Gasteiger partial charge in [-0.05, 0) is 99.4 Å². The fourth-order valence-corrected chi connectivity index (χ4v) is 13.3. The van der Waals surface area contributed by atoms with Crippen LogP contribution in [0.3, 0.4) is 0 Å². The molecule has 4 aromatic rings. The van der Waals surface area contributed by atoms with Crippen LogP contribution < -0.4 is 5.32 Å². The van der Waals surface area contributed by atoms with E-state index in [1.54, 1.807) is 24.4 Å². The van der Waals surface area contributed by atoms with Crippen LogP contribution in [0.4, 0.5) is 5.69 Å². The van der Waals surface area contributed by atoms with Gasteiger partial charge < -0.3 is 64.4 Å². The number of carboxylic acids is 1. The first kappa shape index (κ1) is 65.5. The number of aliphatic hydroxyl groups excluding tert-OH is 5. The molecule has 1 amide bonds. The molecule has 3 heterocycles. The van der Waals surface area contributed by atoms with Gasteiger partial charge in [0.2, 0.25) is 5.91 Å². The average Bonchev–Trinajstić information content (AvgIpc) is 1.96. The van der Waals surface area contributed by atoms with Crippen molar-refractivity contribution in [1.82, 2.24) is 15.0 Å². The van der Waals surface area contributed by atoms with E-state index in [0.717, 1.165) is 38.2 Å². The number of carbonyl (C=O) groups excluding carboxylic acids is 3. The first-order valence-corrected chi connectivity index (χ1v) is 31.6. The number of amides is 1. The molecule has 14 unspecified atom stereocenters. The summed E-state index contributed by atoms with van der Waals surface area (Å²) in [5.74, 6) is -4.01. The van der Waals surface area contributed by atoms with Crippen LogP contribution in [0.5, 0.6) is 0 Å². The van der Waals surface area contributed by atoms with Crippen molar-refractivity contribution in [1.29, 1.82) is 0 Å². The van der Waals surface area contributed by atoms with Crippen molar-refractivity contribution >= 4 is 60.3 Å². The summed E-state index contributed by atoms with van der Waals surface area (Å²) in [6.07, 6.45) is -10.6. The molecular formula is C57H76N4O22S2. The van der Waals surface area contributed by atoms with E-state index >= 15 is 0 Å². The maximum atomic E-state index is 14.4. The molecule has 3 aromatic carbocycles. The lowest BCUT2D eigenvalue weighted by Crippen LogP contribution is -2.64. The zero-order chi connectivity index (χ0) is 61.3. The molecule has 15 atom stereocenters. The minimum absolute atomic E-state index is 0.00226. The van der Waals surface area contributed by atoms with E-state index in [1.807, 2.05) is 6.92 Å². The van der Waals surface area contributed by atoms with Gasteiger partial charge in [0.1, 0.15) is 47.3 Å². The third-order valence-electron chi connectivity index (χ3n) is 16.5. The Hall–Kier alpha value is -5.44. The summed E-state index contributed by atoms with van der Waals surface area (Å²) in [4.78, 5) is 52.7. The Balaban J connectivity index is 0.941. The minimum Gasteiger partial charge on any atom is -0.479 e. The molecule has 26 nitrogen and oxygen atoms in total. The number of rotatable bonds is 26. The van der Waals surface area contributed by atoms with Crippen LogP contribution in [0.25, 0.3) is 10.8 Å². The Morgan fingerprint density at radius 2 is 1.54 bits per heavy atom. The summed E-state index contributed by atoms with van der Waals surface area (Å²) in [5, 5.41) is 76.2. The topological polar surface area (TPSA) is 397 Å². The highest BCUT2D eigenvalue weighted by Crippen LogP contribution is 2.42. The predicted octanol–water partition coefficient (Wildman–Crippen LogP) is 3.77. The molecular weight excluding hydrogens is 1160 g/mol. The normalized spacial score (nSPS) is 29.0. The second-order valence-electron chi connectivity index (χ2n) is 22.5. The number of ketones is 1. The highest BCUT2D eigenvalue weighted by atomic mass is 32.2. The molecule has 4 fully saturated rings. The Kier molecular flexibility index (Phi) is 22.4. The van der Waals surface area contributed by atoms with E-state index in [-0.39, 0.29) is 78.8 Å².